The van der Waals surface area contributed by atoms with Crippen molar-refractivity contribution in [1.29, 1.82) is 0 Å². The first-order valence-corrected chi connectivity index (χ1v) is 11.2. The minimum absolute atomic E-state index is 0.0580. The summed E-state index contributed by atoms with van der Waals surface area (Å²) in [4.78, 5) is 22.1. The third kappa shape index (κ3) is 3.96. The highest BCUT2D eigenvalue weighted by Gasteiger charge is 2.26. The Morgan fingerprint density at radius 3 is 2.85 bits per heavy atom. The summed E-state index contributed by atoms with van der Waals surface area (Å²) in [5.41, 5.74) is 0.884. The van der Waals surface area contributed by atoms with E-state index in [-0.39, 0.29) is 11.8 Å². The van der Waals surface area contributed by atoms with E-state index in [1.807, 2.05) is 42.0 Å². The van der Waals surface area contributed by atoms with E-state index < -0.39 is 0 Å². The van der Waals surface area contributed by atoms with Crippen LogP contribution < -0.4 is 10.2 Å². The zero-order valence-electron chi connectivity index (χ0n) is 15.6. The van der Waals surface area contributed by atoms with Crippen LogP contribution in [0.2, 0.25) is 0 Å². The highest BCUT2D eigenvalue weighted by Crippen LogP contribution is 2.33. The van der Waals surface area contributed by atoms with Crippen LogP contribution in [0.4, 0.5) is 11.5 Å². The van der Waals surface area contributed by atoms with Crippen molar-refractivity contribution in [3.63, 3.8) is 0 Å². The number of nitrogens with zero attached hydrogens (tertiary/aromatic N) is 2. The normalized spacial score (nSPS) is 15.3. The average molecular weight is 398 g/mol. The third-order valence-electron chi connectivity index (χ3n) is 5.05. The maximum Gasteiger partial charge on any atom is 0.227 e. The number of thioether (sulfide) groups is 1. The molecule has 1 aliphatic rings. The van der Waals surface area contributed by atoms with Crippen LogP contribution >= 0.6 is 23.1 Å². The van der Waals surface area contributed by atoms with Crippen molar-refractivity contribution in [2.45, 2.75) is 24.7 Å². The van der Waals surface area contributed by atoms with Crippen molar-refractivity contribution in [3.8, 4) is 0 Å². The number of piperidine rings is 1. The number of hydrogen-bond donors (Lipinski definition) is 1. The van der Waals surface area contributed by atoms with Crippen LogP contribution in [0.25, 0.3) is 10.1 Å². The Labute approximate surface area is 168 Å². The van der Waals surface area contributed by atoms with Gasteiger partial charge in [0, 0.05) is 50.8 Å². The van der Waals surface area contributed by atoms with Gasteiger partial charge in [-0.1, -0.05) is 6.07 Å². The van der Waals surface area contributed by atoms with Gasteiger partial charge in [-0.3, -0.25) is 4.79 Å². The largest absolute Gasteiger partial charge is 0.356 e. The molecule has 1 aromatic carbocycles. The van der Waals surface area contributed by atoms with Gasteiger partial charge in [0.2, 0.25) is 5.91 Å². The topological polar surface area (TPSA) is 45.2 Å². The highest BCUT2D eigenvalue weighted by molar-refractivity contribution is 7.98. The van der Waals surface area contributed by atoms with Crippen LogP contribution in [-0.4, -0.2) is 30.2 Å². The van der Waals surface area contributed by atoms with E-state index in [0.717, 1.165) is 42.3 Å². The summed E-state index contributed by atoms with van der Waals surface area (Å²) in [6, 6.07) is 12.3. The molecule has 1 aliphatic heterocycles. The Morgan fingerprint density at radius 2 is 2.07 bits per heavy atom. The van der Waals surface area contributed by atoms with E-state index >= 15 is 0 Å². The number of pyridine rings is 1. The van der Waals surface area contributed by atoms with Gasteiger partial charge >= 0.3 is 0 Å². The van der Waals surface area contributed by atoms with Crippen LogP contribution in [0.15, 0.2) is 47.5 Å². The zero-order chi connectivity index (χ0) is 18.8. The molecule has 3 heterocycles. The molecule has 27 heavy (non-hydrogen) atoms. The molecule has 1 amide bonds. The summed E-state index contributed by atoms with van der Waals surface area (Å²) < 4.78 is 1.28. The lowest BCUT2D eigenvalue weighted by molar-refractivity contribution is -0.120. The summed E-state index contributed by atoms with van der Waals surface area (Å²) in [6.45, 7) is 3.87. The molecule has 3 aromatic rings. The van der Waals surface area contributed by atoms with Gasteiger partial charge in [0.25, 0.3) is 0 Å². The first-order valence-electron chi connectivity index (χ1n) is 9.19. The van der Waals surface area contributed by atoms with Crippen molar-refractivity contribution < 1.29 is 4.79 Å². The number of carbonyl (C=O) groups is 1. The number of hydrogen-bond acceptors (Lipinski definition) is 5. The third-order valence-corrected chi connectivity index (χ3v) is 6.79. The van der Waals surface area contributed by atoms with Crippen LogP contribution in [0.3, 0.4) is 0 Å². The van der Waals surface area contributed by atoms with Gasteiger partial charge in [-0.05, 0) is 56.4 Å². The summed E-state index contributed by atoms with van der Waals surface area (Å²) in [6.07, 6.45) is 5.65. The fourth-order valence-corrected chi connectivity index (χ4v) is 5.00. The molecule has 0 saturated carbocycles. The molecule has 0 aliphatic carbocycles. The lowest BCUT2D eigenvalue weighted by Crippen LogP contribution is -2.38. The Balaban J connectivity index is 1.41. The van der Waals surface area contributed by atoms with E-state index in [1.54, 1.807) is 11.8 Å². The minimum atomic E-state index is 0.0580. The fourth-order valence-electron chi connectivity index (χ4n) is 3.63. The van der Waals surface area contributed by atoms with Gasteiger partial charge in [0.1, 0.15) is 5.82 Å². The fraction of sp³-hybridized carbons (Fsp3) is 0.333. The van der Waals surface area contributed by atoms with Crippen LogP contribution in [-0.2, 0) is 4.79 Å². The molecule has 6 heteroatoms. The number of benzene rings is 1. The number of carbonyl (C=O) groups excluding carboxylic acids is 1. The number of aromatic nitrogens is 1. The molecule has 0 bridgehead atoms. The molecule has 4 rings (SSSR count). The number of fused-ring (bicyclic) bond motifs is 1. The van der Waals surface area contributed by atoms with E-state index in [2.05, 4.69) is 40.3 Å². The minimum Gasteiger partial charge on any atom is -0.356 e. The number of aryl methyl sites for hydroxylation is 1. The lowest BCUT2D eigenvalue weighted by Gasteiger charge is -2.32. The lowest BCUT2D eigenvalue weighted by atomic mass is 9.95. The van der Waals surface area contributed by atoms with Crippen LogP contribution in [0.1, 0.15) is 17.7 Å². The zero-order valence-corrected chi connectivity index (χ0v) is 17.2. The van der Waals surface area contributed by atoms with Crippen molar-refractivity contribution in [2.24, 2.45) is 5.92 Å². The summed E-state index contributed by atoms with van der Waals surface area (Å²) in [7, 11) is 0. The second-order valence-corrected chi connectivity index (χ2v) is 9.05. The Hall–Kier alpha value is -2.05. The van der Waals surface area contributed by atoms with Crippen LogP contribution in [0.5, 0.6) is 0 Å². The van der Waals surface area contributed by atoms with Crippen LogP contribution in [0, 0.1) is 12.8 Å². The molecule has 4 nitrogen and oxygen atoms in total. The number of amides is 1. The summed E-state index contributed by atoms with van der Waals surface area (Å²) in [5, 5.41) is 4.32. The number of anilines is 2. The molecule has 0 atom stereocenters. The standard InChI is InChI=1S/C21H23N3OS2/c1-14-12-18-19(27-14)6-9-22-20(18)24-10-7-15(8-11-24)21(25)23-16-4-3-5-17(13-16)26-2/h3-6,9,12-13,15H,7-8,10-11H2,1-2H3,(H,23,25). The Bertz CT molecular complexity index is 961. The maximum atomic E-state index is 12.7. The van der Waals surface area contributed by atoms with Crippen molar-refractivity contribution in [1.82, 2.24) is 4.98 Å². The molecule has 0 unspecified atom stereocenters. The van der Waals surface area contributed by atoms with Gasteiger partial charge in [0.15, 0.2) is 0 Å². The SMILES string of the molecule is CSc1cccc(NC(=O)C2CCN(c3nccc4sc(C)cc34)CC2)c1. The first-order chi connectivity index (χ1) is 13.1. The average Bonchev–Trinajstić information content (AvgIpc) is 3.08. The van der Waals surface area contributed by atoms with Crippen molar-refractivity contribution in [3.05, 3.63) is 47.5 Å². The van der Waals surface area contributed by atoms with E-state index in [0.29, 0.717) is 0 Å². The van der Waals surface area contributed by atoms with Gasteiger partial charge < -0.3 is 10.2 Å². The molecule has 1 fully saturated rings. The second kappa shape index (κ2) is 7.90. The predicted molar refractivity (Wildman–Crippen MR) is 116 cm³/mol. The summed E-state index contributed by atoms with van der Waals surface area (Å²) >= 11 is 3.49. The molecule has 140 valence electrons. The van der Waals surface area contributed by atoms with E-state index in [9.17, 15) is 4.79 Å². The molecular weight excluding hydrogens is 374 g/mol. The van der Waals surface area contributed by atoms with E-state index in [4.69, 9.17) is 0 Å². The monoisotopic (exact) mass is 397 g/mol. The highest BCUT2D eigenvalue weighted by atomic mass is 32.2. The van der Waals surface area contributed by atoms with Crippen molar-refractivity contribution in [2.75, 3.05) is 29.6 Å². The summed E-state index contributed by atoms with van der Waals surface area (Å²) in [5.74, 6) is 1.25. The van der Waals surface area contributed by atoms with Gasteiger partial charge in [0.05, 0.1) is 0 Å². The second-order valence-electron chi connectivity index (χ2n) is 6.89. The number of nitrogens with one attached hydrogen (secondary N) is 1. The quantitative estimate of drug-likeness (QED) is 0.616. The molecular formula is C21H23N3OS2. The van der Waals surface area contributed by atoms with E-state index in [1.165, 1.54) is 15.0 Å². The Kier molecular flexibility index (Phi) is 5.36. The predicted octanol–water partition coefficient (Wildman–Crippen LogP) is 5.18. The first kappa shape index (κ1) is 18.3. The van der Waals surface area contributed by atoms with Gasteiger partial charge in [-0.25, -0.2) is 4.98 Å². The smallest absolute Gasteiger partial charge is 0.227 e. The number of thiophene rings is 1. The van der Waals surface area contributed by atoms with Gasteiger partial charge in [-0.2, -0.15) is 0 Å². The molecule has 1 saturated heterocycles. The molecule has 0 spiro atoms. The molecule has 1 N–H and O–H groups in total. The molecule has 2 aromatic heterocycles. The Morgan fingerprint density at radius 1 is 1.26 bits per heavy atom. The molecule has 0 radical (unpaired) electrons. The van der Waals surface area contributed by atoms with Crippen molar-refractivity contribution >= 4 is 50.6 Å². The maximum absolute atomic E-state index is 12.7. The van der Waals surface area contributed by atoms with Gasteiger partial charge in [-0.15, -0.1) is 23.1 Å². The number of rotatable bonds is 4.